The molecule has 1 atom stereocenters. The highest BCUT2D eigenvalue weighted by Crippen LogP contribution is 2.15. The molecule has 102 valence electrons. The summed E-state index contributed by atoms with van der Waals surface area (Å²) in [5.41, 5.74) is 0.383. The van der Waals surface area contributed by atoms with Gasteiger partial charge in [0.1, 0.15) is 6.61 Å². The van der Waals surface area contributed by atoms with Crippen LogP contribution in [0, 0.1) is 0 Å². The molecule has 1 unspecified atom stereocenters. The summed E-state index contributed by atoms with van der Waals surface area (Å²) in [6.07, 6.45) is 2.51. The van der Waals surface area contributed by atoms with E-state index in [2.05, 4.69) is 6.58 Å². The van der Waals surface area contributed by atoms with Gasteiger partial charge in [0.2, 0.25) is 0 Å². The molecule has 0 amide bonds. The summed E-state index contributed by atoms with van der Waals surface area (Å²) >= 11 is 0. The van der Waals surface area contributed by atoms with Crippen molar-refractivity contribution in [1.29, 1.82) is 0 Å². The molecule has 0 aromatic rings. The SMILES string of the molecule is C=C(C)C(=O)COC(=O)CCCCCO[P+](C)=O. The Bertz CT molecular complexity index is 324. The van der Waals surface area contributed by atoms with Crippen molar-refractivity contribution >= 4 is 19.8 Å². The first-order chi connectivity index (χ1) is 8.43. The van der Waals surface area contributed by atoms with Crippen LogP contribution >= 0.6 is 8.03 Å². The van der Waals surface area contributed by atoms with Gasteiger partial charge in [-0.25, -0.2) is 0 Å². The number of hydrogen-bond donors (Lipinski definition) is 0. The minimum Gasteiger partial charge on any atom is -0.457 e. The van der Waals surface area contributed by atoms with Gasteiger partial charge in [-0.15, -0.1) is 4.52 Å². The summed E-state index contributed by atoms with van der Waals surface area (Å²) in [6.45, 7) is 6.76. The van der Waals surface area contributed by atoms with Crippen molar-refractivity contribution in [3.63, 3.8) is 0 Å². The number of unbranched alkanes of at least 4 members (excludes halogenated alkanes) is 2. The predicted molar refractivity (Wildman–Crippen MR) is 68.7 cm³/mol. The molecule has 0 aliphatic heterocycles. The third-order valence-corrected chi connectivity index (χ3v) is 2.68. The second-order valence-corrected chi connectivity index (χ2v) is 5.09. The zero-order valence-corrected chi connectivity index (χ0v) is 11.8. The lowest BCUT2D eigenvalue weighted by atomic mass is 10.2. The average molecular weight is 275 g/mol. The Balaban J connectivity index is 3.45. The van der Waals surface area contributed by atoms with Gasteiger partial charge >= 0.3 is 14.0 Å². The van der Waals surface area contributed by atoms with E-state index in [4.69, 9.17) is 9.26 Å². The van der Waals surface area contributed by atoms with Crippen molar-refractivity contribution in [1.82, 2.24) is 0 Å². The zero-order valence-electron chi connectivity index (χ0n) is 10.9. The van der Waals surface area contributed by atoms with Crippen LogP contribution in [0.1, 0.15) is 32.6 Å². The lowest BCUT2D eigenvalue weighted by Gasteiger charge is -2.03. The Morgan fingerprint density at radius 2 is 1.89 bits per heavy atom. The molecule has 0 aromatic heterocycles. The van der Waals surface area contributed by atoms with Crippen LogP contribution in [0.15, 0.2) is 12.2 Å². The number of carbonyl (C=O) groups is 2. The maximum absolute atomic E-state index is 11.2. The normalized spacial score (nSPS) is 10.9. The van der Waals surface area contributed by atoms with Crippen LogP contribution in [0.4, 0.5) is 0 Å². The Hall–Kier alpha value is -1.06. The maximum Gasteiger partial charge on any atom is 0.504 e. The van der Waals surface area contributed by atoms with Gasteiger partial charge < -0.3 is 4.74 Å². The second kappa shape index (κ2) is 9.92. The highest BCUT2D eigenvalue weighted by atomic mass is 31.1. The highest BCUT2D eigenvalue weighted by molar-refractivity contribution is 7.38. The van der Waals surface area contributed by atoms with E-state index < -0.39 is 8.03 Å². The Kier molecular flexibility index (Phi) is 9.33. The van der Waals surface area contributed by atoms with Gasteiger partial charge in [0.05, 0.1) is 0 Å². The van der Waals surface area contributed by atoms with Crippen molar-refractivity contribution in [2.24, 2.45) is 0 Å². The molecule has 0 heterocycles. The van der Waals surface area contributed by atoms with Gasteiger partial charge in [-0.05, 0) is 29.9 Å². The molecule has 0 N–H and O–H groups in total. The van der Waals surface area contributed by atoms with Crippen LogP contribution in [0.3, 0.4) is 0 Å². The maximum atomic E-state index is 11.2. The monoisotopic (exact) mass is 275 g/mol. The van der Waals surface area contributed by atoms with E-state index >= 15 is 0 Å². The molecular weight excluding hydrogens is 255 g/mol. The van der Waals surface area contributed by atoms with E-state index in [1.165, 1.54) is 6.66 Å². The average Bonchev–Trinajstić information content (AvgIpc) is 2.29. The number of carbonyl (C=O) groups excluding carboxylic acids is 2. The molecule has 0 bridgehead atoms. The van der Waals surface area contributed by atoms with Crippen LogP contribution in [0.5, 0.6) is 0 Å². The van der Waals surface area contributed by atoms with Crippen molar-refractivity contribution in [3.8, 4) is 0 Å². The summed E-state index contributed by atoms with van der Waals surface area (Å²) in [5, 5.41) is 0. The number of esters is 1. The van der Waals surface area contributed by atoms with E-state index in [-0.39, 0.29) is 24.8 Å². The van der Waals surface area contributed by atoms with Crippen molar-refractivity contribution in [3.05, 3.63) is 12.2 Å². The van der Waals surface area contributed by atoms with Crippen LogP contribution in [0.2, 0.25) is 0 Å². The summed E-state index contributed by atoms with van der Waals surface area (Å²) in [7, 11) is -1.54. The van der Waals surface area contributed by atoms with Gasteiger partial charge in [0, 0.05) is 6.42 Å². The molecule has 18 heavy (non-hydrogen) atoms. The lowest BCUT2D eigenvalue weighted by Crippen LogP contribution is -2.14. The molecule has 0 aliphatic carbocycles. The van der Waals surface area contributed by atoms with Crippen LogP contribution in [-0.4, -0.2) is 31.6 Å². The quantitative estimate of drug-likeness (QED) is 0.265. The molecular formula is C12H20O5P+. The number of hydrogen-bond acceptors (Lipinski definition) is 5. The Morgan fingerprint density at radius 1 is 1.22 bits per heavy atom. The zero-order chi connectivity index (χ0) is 14.0. The number of ether oxygens (including phenoxy) is 1. The molecule has 6 heteroatoms. The first-order valence-electron chi connectivity index (χ1n) is 5.81. The number of rotatable bonds is 10. The third kappa shape index (κ3) is 10.1. The van der Waals surface area contributed by atoms with Gasteiger partial charge in [-0.3, -0.25) is 9.59 Å². The van der Waals surface area contributed by atoms with Crippen LogP contribution in [0.25, 0.3) is 0 Å². The molecule has 0 aromatic carbocycles. The molecule has 0 radical (unpaired) electrons. The summed E-state index contributed by atoms with van der Waals surface area (Å²) < 4.78 is 20.3. The topological polar surface area (TPSA) is 69.7 Å². The molecule has 0 fully saturated rings. The van der Waals surface area contributed by atoms with Gasteiger partial charge in [-0.2, -0.15) is 0 Å². The lowest BCUT2D eigenvalue weighted by molar-refractivity contribution is -0.147. The smallest absolute Gasteiger partial charge is 0.457 e. The molecule has 0 rings (SSSR count). The fourth-order valence-corrected chi connectivity index (χ4v) is 1.47. The Labute approximate surface area is 108 Å². The molecule has 0 aliphatic rings. The first-order valence-corrected chi connectivity index (χ1v) is 7.44. The molecule has 0 spiro atoms. The van der Waals surface area contributed by atoms with Gasteiger partial charge in [-0.1, -0.05) is 13.0 Å². The van der Waals surface area contributed by atoms with Crippen LogP contribution < -0.4 is 0 Å². The first kappa shape index (κ1) is 16.9. The molecule has 0 saturated heterocycles. The summed E-state index contributed by atoms with van der Waals surface area (Å²) in [5.74, 6) is -0.643. The van der Waals surface area contributed by atoms with E-state index in [1.54, 1.807) is 6.92 Å². The van der Waals surface area contributed by atoms with E-state index in [0.717, 1.165) is 12.8 Å². The fraction of sp³-hybridized carbons (Fsp3) is 0.667. The Morgan fingerprint density at radius 3 is 2.44 bits per heavy atom. The fourth-order valence-electron chi connectivity index (χ4n) is 1.08. The van der Waals surface area contributed by atoms with E-state index in [0.29, 0.717) is 18.6 Å². The predicted octanol–water partition coefficient (Wildman–Crippen LogP) is 2.62. The van der Waals surface area contributed by atoms with Crippen molar-refractivity contribution < 1.29 is 23.4 Å². The van der Waals surface area contributed by atoms with Crippen LogP contribution in [-0.2, 0) is 23.4 Å². The second-order valence-electron chi connectivity index (χ2n) is 3.95. The van der Waals surface area contributed by atoms with Gasteiger partial charge in [0.25, 0.3) is 0 Å². The van der Waals surface area contributed by atoms with Crippen molar-refractivity contribution in [2.75, 3.05) is 19.9 Å². The summed E-state index contributed by atoms with van der Waals surface area (Å²) in [4.78, 5) is 22.3. The largest absolute Gasteiger partial charge is 0.504 e. The van der Waals surface area contributed by atoms with E-state index in [9.17, 15) is 14.2 Å². The van der Waals surface area contributed by atoms with Gasteiger partial charge in [0.15, 0.2) is 19.1 Å². The third-order valence-electron chi connectivity index (χ3n) is 2.14. The minimum atomic E-state index is -1.54. The number of Topliss-reactive ketones (excluding diaryl/α,β-unsaturated/α-hetero) is 1. The number of ketones is 1. The standard InChI is InChI=1S/C12H20O5P/c1-10(2)11(13)9-16-12(14)7-5-4-6-8-17-18(3)15/h1,4-9H2,2-3H3/q+1. The van der Waals surface area contributed by atoms with E-state index in [1.807, 2.05) is 0 Å². The molecule has 0 saturated carbocycles. The highest BCUT2D eigenvalue weighted by Gasteiger charge is 2.08. The molecule has 5 nitrogen and oxygen atoms in total. The minimum absolute atomic E-state index is 0.229. The van der Waals surface area contributed by atoms with Crippen molar-refractivity contribution in [2.45, 2.75) is 32.6 Å². The summed E-state index contributed by atoms with van der Waals surface area (Å²) in [6, 6.07) is 0.